The van der Waals surface area contributed by atoms with E-state index >= 15 is 0 Å². The quantitative estimate of drug-likeness (QED) is 0.827. The number of hydrogen-bond donors (Lipinski definition) is 1. The molecule has 1 aliphatic rings. The van der Waals surface area contributed by atoms with Gasteiger partial charge in [-0.1, -0.05) is 6.42 Å². The number of likely N-dealkylation sites (tertiary alicyclic amines) is 1. The Morgan fingerprint density at radius 3 is 2.52 bits per heavy atom. The van der Waals surface area contributed by atoms with E-state index < -0.39 is 0 Å². The molecule has 0 saturated carbocycles. The molecule has 1 aliphatic heterocycles. The summed E-state index contributed by atoms with van der Waals surface area (Å²) in [4.78, 5) is 1.92. The van der Waals surface area contributed by atoms with Crippen LogP contribution in [-0.2, 0) is 6.67 Å². The summed E-state index contributed by atoms with van der Waals surface area (Å²) < 4.78 is 18.2. The first-order chi connectivity index (χ1) is 12.2. The van der Waals surface area contributed by atoms with Gasteiger partial charge in [0.2, 0.25) is 0 Å². The molecule has 1 N–H and O–H groups in total. The number of nitrogens with one attached hydrogen (secondary N) is 1. The largest absolute Gasteiger partial charge is 0.497 e. The van der Waals surface area contributed by atoms with Crippen LogP contribution in [0.1, 0.15) is 32.1 Å². The van der Waals surface area contributed by atoms with Gasteiger partial charge in [0.05, 0.1) is 32.9 Å². The number of rotatable bonds is 5. The fourth-order valence-corrected chi connectivity index (χ4v) is 3.45. The molecule has 6 nitrogen and oxygen atoms in total. The maximum absolute atomic E-state index is 5.75. The zero-order valence-corrected chi connectivity index (χ0v) is 15.7. The highest BCUT2D eigenvalue weighted by atomic mass is 32.1. The maximum Gasteiger partial charge on any atom is 0.292 e. The summed E-state index contributed by atoms with van der Waals surface area (Å²) in [7, 11) is 3.25. The third kappa shape index (κ3) is 4.41. The predicted octanol–water partition coefficient (Wildman–Crippen LogP) is 2.70. The van der Waals surface area contributed by atoms with Crippen LogP contribution in [0.5, 0.6) is 11.5 Å². The molecule has 3 rings (SSSR count). The van der Waals surface area contributed by atoms with Crippen LogP contribution in [0.4, 0.5) is 0 Å². The Kier molecular flexibility index (Phi) is 6.09. The fraction of sp³-hybridized carbons (Fsp3) is 0.556. The van der Waals surface area contributed by atoms with Crippen molar-refractivity contribution in [1.29, 1.82) is 0 Å². The van der Waals surface area contributed by atoms with Gasteiger partial charge in [-0.15, -0.1) is 5.10 Å². The minimum atomic E-state index is 0.405. The molecule has 2 aromatic rings. The molecule has 0 radical (unpaired) electrons. The molecule has 7 heteroatoms. The van der Waals surface area contributed by atoms with Gasteiger partial charge in [0.1, 0.15) is 11.5 Å². The second-order valence-electron chi connectivity index (χ2n) is 6.41. The van der Waals surface area contributed by atoms with Gasteiger partial charge in [-0.25, -0.2) is 0 Å². The van der Waals surface area contributed by atoms with Crippen molar-refractivity contribution in [3.05, 3.63) is 23.0 Å². The lowest BCUT2D eigenvalue weighted by molar-refractivity contribution is -0.924. The molecule has 136 valence electrons. The van der Waals surface area contributed by atoms with E-state index in [2.05, 4.69) is 5.10 Å². The summed E-state index contributed by atoms with van der Waals surface area (Å²) >= 11 is 5.39. The number of methoxy groups -OCH3 is 2. The van der Waals surface area contributed by atoms with E-state index in [1.807, 2.05) is 18.2 Å². The van der Waals surface area contributed by atoms with Crippen LogP contribution >= 0.6 is 12.2 Å². The highest BCUT2D eigenvalue weighted by Gasteiger charge is 2.18. The van der Waals surface area contributed by atoms with Crippen LogP contribution in [0, 0.1) is 4.84 Å². The van der Waals surface area contributed by atoms with Crippen molar-refractivity contribution in [2.75, 3.05) is 27.3 Å². The van der Waals surface area contributed by atoms with Crippen LogP contribution in [0.2, 0.25) is 0 Å². The first-order valence-corrected chi connectivity index (χ1v) is 9.26. The number of benzene rings is 1. The van der Waals surface area contributed by atoms with Crippen LogP contribution < -0.4 is 14.4 Å². The zero-order chi connectivity index (χ0) is 17.6. The average molecular weight is 364 g/mol. The molecule has 0 bridgehead atoms. The normalized spacial score (nSPS) is 16.2. The van der Waals surface area contributed by atoms with Crippen molar-refractivity contribution in [3.63, 3.8) is 0 Å². The average Bonchev–Trinajstić information content (AvgIpc) is 2.97. The molecular formula is C18H26N3O3S+. The molecule has 1 aromatic carbocycles. The van der Waals surface area contributed by atoms with E-state index in [1.165, 1.54) is 37.0 Å². The van der Waals surface area contributed by atoms with Crippen molar-refractivity contribution in [1.82, 2.24) is 9.78 Å². The van der Waals surface area contributed by atoms with Crippen molar-refractivity contribution in [2.45, 2.75) is 38.8 Å². The van der Waals surface area contributed by atoms with Gasteiger partial charge < -0.3 is 18.8 Å². The molecule has 1 aromatic heterocycles. The number of quaternary nitrogens is 1. The molecule has 25 heavy (non-hydrogen) atoms. The van der Waals surface area contributed by atoms with Gasteiger partial charge in [0.25, 0.3) is 10.7 Å². The standard InChI is InChI=1S/C18H25N3O3S/c1-22-14-8-9-15(16(12-14)23-2)17-19-21(18(25)24-17)13-20-10-6-4-3-5-7-11-20/h8-9,12H,3-7,10-11,13H2,1-2H3/p+1. The SMILES string of the molecule is COc1ccc(-c2nn(C[NH+]3CCCCCCC3)c(=S)o2)c(OC)c1. The highest BCUT2D eigenvalue weighted by Crippen LogP contribution is 2.32. The molecule has 1 saturated heterocycles. The molecule has 0 spiro atoms. The Labute approximate surface area is 153 Å². The van der Waals surface area contributed by atoms with E-state index in [4.69, 9.17) is 26.1 Å². The van der Waals surface area contributed by atoms with Gasteiger partial charge in [0, 0.05) is 6.07 Å². The van der Waals surface area contributed by atoms with Gasteiger partial charge >= 0.3 is 0 Å². The zero-order valence-electron chi connectivity index (χ0n) is 14.9. The number of hydrogen-bond acceptors (Lipinski definition) is 5. The van der Waals surface area contributed by atoms with Crippen molar-refractivity contribution >= 4 is 12.2 Å². The number of ether oxygens (including phenoxy) is 2. The minimum Gasteiger partial charge on any atom is -0.497 e. The van der Waals surface area contributed by atoms with Crippen molar-refractivity contribution < 1.29 is 18.8 Å². The van der Waals surface area contributed by atoms with Crippen molar-refractivity contribution in [2.24, 2.45) is 0 Å². The van der Waals surface area contributed by atoms with Gasteiger partial charge in [-0.05, 0) is 50.0 Å². The Morgan fingerprint density at radius 2 is 1.84 bits per heavy atom. The van der Waals surface area contributed by atoms with E-state index in [0.29, 0.717) is 16.5 Å². The van der Waals surface area contributed by atoms with Gasteiger partial charge in [0.15, 0.2) is 6.67 Å². The second-order valence-corrected chi connectivity index (χ2v) is 6.76. The van der Waals surface area contributed by atoms with Crippen LogP contribution in [0.25, 0.3) is 11.5 Å². The molecule has 0 aliphatic carbocycles. The summed E-state index contributed by atoms with van der Waals surface area (Å²) in [5, 5.41) is 4.60. The fourth-order valence-electron chi connectivity index (χ4n) is 3.27. The van der Waals surface area contributed by atoms with E-state index in [-0.39, 0.29) is 0 Å². The molecule has 1 fully saturated rings. The lowest BCUT2D eigenvalue weighted by Crippen LogP contribution is -3.11. The highest BCUT2D eigenvalue weighted by molar-refractivity contribution is 7.71. The number of aromatic nitrogens is 2. The first-order valence-electron chi connectivity index (χ1n) is 8.85. The summed E-state index contributed by atoms with van der Waals surface area (Å²) in [6, 6.07) is 5.56. The van der Waals surface area contributed by atoms with E-state index in [9.17, 15) is 0 Å². The molecule has 0 atom stereocenters. The minimum absolute atomic E-state index is 0.405. The van der Waals surface area contributed by atoms with Crippen LogP contribution in [0.15, 0.2) is 22.6 Å². The molecule has 0 amide bonds. The lowest BCUT2D eigenvalue weighted by Gasteiger charge is -2.20. The predicted molar refractivity (Wildman–Crippen MR) is 97.6 cm³/mol. The smallest absolute Gasteiger partial charge is 0.292 e. The second kappa shape index (κ2) is 8.49. The van der Waals surface area contributed by atoms with Gasteiger partial charge in [-0.3, -0.25) is 0 Å². The van der Waals surface area contributed by atoms with Gasteiger partial charge in [-0.2, -0.15) is 4.68 Å². The number of nitrogens with zero attached hydrogens (tertiary/aromatic N) is 2. The summed E-state index contributed by atoms with van der Waals surface area (Å²) in [5.41, 5.74) is 0.774. The topological polar surface area (TPSA) is 53.9 Å². The monoisotopic (exact) mass is 364 g/mol. The maximum atomic E-state index is 5.75. The Hall–Kier alpha value is -1.86. The summed E-state index contributed by atoms with van der Waals surface area (Å²) in [5.74, 6) is 1.86. The molecular weight excluding hydrogens is 338 g/mol. The Morgan fingerprint density at radius 1 is 1.12 bits per heavy atom. The Balaban J connectivity index is 1.81. The van der Waals surface area contributed by atoms with Crippen LogP contribution in [-0.4, -0.2) is 37.1 Å². The lowest BCUT2D eigenvalue weighted by atomic mass is 10.1. The van der Waals surface area contributed by atoms with Crippen LogP contribution in [0.3, 0.4) is 0 Å². The Bertz CT molecular complexity index is 748. The summed E-state index contributed by atoms with van der Waals surface area (Å²) in [6.07, 6.45) is 6.53. The van der Waals surface area contributed by atoms with Crippen molar-refractivity contribution in [3.8, 4) is 23.0 Å². The van der Waals surface area contributed by atoms with E-state index in [1.54, 1.807) is 18.9 Å². The van der Waals surface area contributed by atoms with E-state index in [0.717, 1.165) is 31.1 Å². The third-order valence-corrected chi connectivity index (χ3v) is 4.97. The third-order valence-electron chi connectivity index (χ3n) is 4.68. The first kappa shape index (κ1) is 17.9. The molecule has 2 heterocycles. The summed E-state index contributed by atoms with van der Waals surface area (Å²) in [6.45, 7) is 3.08. The molecule has 0 unspecified atom stereocenters.